The average Bonchev–Trinajstić information content (AvgIpc) is 3.38. The fraction of sp³-hybridized carbons (Fsp3) is 0.208. The number of amides is 1. The van der Waals surface area contributed by atoms with Gasteiger partial charge in [-0.05, 0) is 55.3 Å². The Morgan fingerprint density at radius 3 is 2.72 bits per heavy atom. The van der Waals surface area contributed by atoms with E-state index < -0.39 is 0 Å². The topological polar surface area (TPSA) is 51.0 Å². The zero-order valence-electron chi connectivity index (χ0n) is 16.3. The number of para-hydroxylation sites is 1. The third kappa shape index (κ3) is 3.18. The van der Waals surface area contributed by atoms with Gasteiger partial charge in [-0.15, -0.1) is 0 Å². The van der Waals surface area contributed by atoms with Crippen molar-refractivity contribution in [2.75, 3.05) is 13.1 Å². The summed E-state index contributed by atoms with van der Waals surface area (Å²) in [5, 5.41) is 0. The van der Waals surface area contributed by atoms with Gasteiger partial charge in [-0.3, -0.25) is 14.3 Å². The first kappa shape index (κ1) is 17.6. The molecule has 29 heavy (non-hydrogen) atoms. The Bertz CT molecular complexity index is 1170. The van der Waals surface area contributed by atoms with Crippen LogP contribution in [-0.2, 0) is 0 Å². The maximum atomic E-state index is 13.1. The molecule has 0 radical (unpaired) electrons. The molecule has 0 bridgehead atoms. The van der Waals surface area contributed by atoms with Crippen LogP contribution in [0.2, 0.25) is 0 Å². The number of benzene rings is 2. The molecule has 4 aromatic rings. The Labute approximate surface area is 169 Å². The Morgan fingerprint density at radius 1 is 1.07 bits per heavy atom. The highest BCUT2D eigenvalue weighted by atomic mass is 16.2. The molecule has 0 N–H and O–H groups in total. The van der Waals surface area contributed by atoms with Gasteiger partial charge in [-0.25, -0.2) is 4.98 Å². The van der Waals surface area contributed by atoms with Crippen molar-refractivity contribution in [3.8, 4) is 5.69 Å². The minimum Gasteiger partial charge on any atom is -0.338 e. The van der Waals surface area contributed by atoms with E-state index in [-0.39, 0.29) is 5.91 Å². The summed E-state index contributed by atoms with van der Waals surface area (Å²) in [5.74, 6) is 1.34. The number of aromatic nitrogens is 3. The summed E-state index contributed by atoms with van der Waals surface area (Å²) in [6.07, 6.45) is 4.66. The number of hydrogen-bond acceptors (Lipinski definition) is 3. The molecule has 1 saturated heterocycles. The van der Waals surface area contributed by atoms with E-state index in [9.17, 15) is 4.79 Å². The van der Waals surface area contributed by atoms with E-state index in [4.69, 9.17) is 4.98 Å². The number of imidazole rings is 1. The maximum absolute atomic E-state index is 13.1. The van der Waals surface area contributed by atoms with Gasteiger partial charge in [-0.2, -0.15) is 0 Å². The van der Waals surface area contributed by atoms with Gasteiger partial charge in [0.15, 0.2) is 0 Å². The molecule has 3 heterocycles. The van der Waals surface area contributed by atoms with Crippen molar-refractivity contribution in [1.29, 1.82) is 0 Å². The highest BCUT2D eigenvalue weighted by Gasteiger charge is 2.28. The number of fused-ring (bicyclic) bond motifs is 1. The van der Waals surface area contributed by atoms with Crippen molar-refractivity contribution in [2.24, 2.45) is 0 Å². The van der Waals surface area contributed by atoms with Crippen molar-refractivity contribution in [3.05, 3.63) is 90.0 Å². The second-order valence-corrected chi connectivity index (χ2v) is 7.56. The van der Waals surface area contributed by atoms with Crippen LogP contribution in [0, 0.1) is 6.92 Å². The Kier molecular flexibility index (Phi) is 4.35. The molecule has 1 aliphatic heterocycles. The largest absolute Gasteiger partial charge is 0.338 e. The number of pyridine rings is 1. The number of carbonyl (C=O) groups excluding carboxylic acids is 1. The van der Waals surface area contributed by atoms with E-state index >= 15 is 0 Å². The summed E-state index contributed by atoms with van der Waals surface area (Å²) in [6, 6.07) is 20.1. The highest BCUT2D eigenvalue weighted by Crippen LogP contribution is 2.28. The molecule has 1 aliphatic rings. The van der Waals surface area contributed by atoms with Crippen LogP contribution in [-0.4, -0.2) is 38.4 Å². The Morgan fingerprint density at radius 2 is 1.93 bits per heavy atom. The van der Waals surface area contributed by atoms with Crippen LogP contribution < -0.4 is 0 Å². The Balaban J connectivity index is 1.42. The minimum atomic E-state index is 0.0743. The van der Waals surface area contributed by atoms with Crippen LogP contribution in [0.3, 0.4) is 0 Å². The van der Waals surface area contributed by atoms with Gasteiger partial charge in [0.2, 0.25) is 0 Å². The first-order chi connectivity index (χ1) is 14.2. The molecule has 5 nitrogen and oxygen atoms in total. The van der Waals surface area contributed by atoms with E-state index in [1.807, 2.05) is 60.5 Å². The standard InChI is InChI=1S/C24H22N4O/c1-17-26-22-14-18(9-10-23(22)28(17)21-7-3-2-4-8-21)24(29)27-13-11-20(16-27)19-6-5-12-25-15-19/h2-10,12,14-15,20H,11,13,16H2,1H3. The number of nitrogens with zero attached hydrogens (tertiary/aromatic N) is 4. The number of likely N-dealkylation sites (tertiary alicyclic amines) is 1. The van der Waals surface area contributed by atoms with E-state index in [2.05, 4.69) is 27.8 Å². The normalized spacial score (nSPS) is 16.4. The van der Waals surface area contributed by atoms with Gasteiger partial charge < -0.3 is 4.90 Å². The van der Waals surface area contributed by atoms with Gasteiger partial charge in [0.05, 0.1) is 11.0 Å². The SMILES string of the molecule is Cc1nc2cc(C(=O)N3CCC(c4cccnc4)C3)ccc2n1-c1ccccc1. The lowest BCUT2D eigenvalue weighted by molar-refractivity contribution is 0.0791. The van der Waals surface area contributed by atoms with Crippen molar-refractivity contribution >= 4 is 16.9 Å². The molecule has 0 saturated carbocycles. The monoisotopic (exact) mass is 382 g/mol. The fourth-order valence-corrected chi connectivity index (χ4v) is 4.25. The summed E-state index contributed by atoms with van der Waals surface area (Å²) < 4.78 is 2.12. The molecule has 2 aromatic heterocycles. The van der Waals surface area contributed by atoms with Crippen molar-refractivity contribution < 1.29 is 4.79 Å². The molecule has 2 aromatic carbocycles. The highest BCUT2D eigenvalue weighted by molar-refractivity contribution is 5.98. The van der Waals surface area contributed by atoms with Crippen LogP contribution in [0.5, 0.6) is 0 Å². The first-order valence-electron chi connectivity index (χ1n) is 9.94. The molecular weight excluding hydrogens is 360 g/mol. The van der Waals surface area contributed by atoms with E-state index in [0.29, 0.717) is 11.5 Å². The zero-order valence-corrected chi connectivity index (χ0v) is 16.3. The van der Waals surface area contributed by atoms with Gasteiger partial charge in [0.1, 0.15) is 5.82 Å². The third-order valence-electron chi connectivity index (χ3n) is 5.71. The number of carbonyl (C=O) groups is 1. The van der Waals surface area contributed by atoms with Gasteiger partial charge in [0, 0.05) is 42.7 Å². The lowest BCUT2D eigenvalue weighted by Gasteiger charge is -2.17. The summed E-state index contributed by atoms with van der Waals surface area (Å²) in [7, 11) is 0. The predicted molar refractivity (Wildman–Crippen MR) is 113 cm³/mol. The molecule has 0 spiro atoms. The van der Waals surface area contributed by atoms with Crippen molar-refractivity contribution in [2.45, 2.75) is 19.3 Å². The second-order valence-electron chi connectivity index (χ2n) is 7.56. The molecule has 1 fully saturated rings. The quantitative estimate of drug-likeness (QED) is 0.529. The third-order valence-corrected chi connectivity index (χ3v) is 5.71. The van der Waals surface area contributed by atoms with Crippen LogP contribution >= 0.6 is 0 Å². The average molecular weight is 382 g/mol. The lowest BCUT2D eigenvalue weighted by atomic mass is 10.0. The molecular formula is C24H22N4O. The molecule has 1 atom stereocenters. The van der Waals surface area contributed by atoms with Crippen molar-refractivity contribution in [1.82, 2.24) is 19.4 Å². The predicted octanol–water partition coefficient (Wildman–Crippen LogP) is 4.36. The summed E-state index contributed by atoms with van der Waals surface area (Å²) in [6.45, 7) is 3.50. The van der Waals surface area contributed by atoms with E-state index in [1.165, 1.54) is 5.56 Å². The molecule has 0 aliphatic carbocycles. The number of rotatable bonds is 3. The van der Waals surface area contributed by atoms with Crippen LogP contribution in [0.15, 0.2) is 73.1 Å². The fourth-order valence-electron chi connectivity index (χ4n) is 4.25. The molecule has 5 heteroatoms. The molecule has 144 valence electrons. The van der Waals surface area contributed by atoms with Crippen molar-refractivity contribution in [3.63, 3.8) is 0 Å². The zero-order chi connectivity index (χ0) is 19.8. The Hall–Kier alpha value is -3.47. The smallest absolute Gasteiger partial charge is 0.253 e. The summed E-state index contributed by atoms with van der Waals surface area (Å²) in [5.41, 5.74) is 4.84. The molecule has 1 unspecified atom stereocenters. The number of hydrogen-bond donors (Lipinski definition) is 0. The summed E-state index contributed by atoms with van der Waals surface area (Å²) in [4.78, 5) is 24.0. The molecule has 5 rings (SSSR count). The first-order valence-corrected chi connectivity index (χ1v) is 9.94. The lowest BCUT2D eigenvalue weighted by Crippen LogP contribution is -2.28. The van der Waals surface area contributed by atoms with Crippen LogP contribution in [0.4, 0.5) is 0 Å². The second kappa shape index (κ2) is 7.17. The summed E-state index contributed by atoms with van der Waals surface area (Å²) >= 11 is 0. The van der Waals surface area contributed by atoms with Crippen LogP contribution in [0.1, 0.15) is 34.1 Å². The van der Waals surface area contributed by atoms with Gasteiger partial charge in [0.25, 0.3) is 5.91 Å². The van der Waals surface area contributed by atoms with Crippen LogP contribution in [0.25, 0.3) is 16.7 Å². The van der Waals surface area contributed by atoms with Gasteiger partial charge in [-0.1, -0.05) is 24.3 Å². The minimum absolute atomic E-state index is 0.0743. The van der Waals surface area contributed by atoms with E-state index in [1.54, 1.807) is 6.20 Å². The van der Waals surface area contributed by atoms with Gasteiger partial charge >= 0.3 is 0 Å². The molecule has 1 amide bonds. The number of aryl methyl sites for hydroxylation is 1. The van der Waals surface area contributed by atoms with E-state index in [0.717, 1.165) is 42.1 Å². The maximum Gasteiger partial charge on any atom is 0.253 e.